The van der Waals surface area contributed by atoms with Crippen LogP contribution in [0.1, 0.15) is 10.4 Å². The summed E-state index contributed by atoms with van der Waals surface area (Å²) in [5.41, 5.74) is 5.70. The Morgan fingerprint density at radius 1 is 1.17 bits per heavy atom. The van der Waals surface area contributed by atoms with Crippen molar-refractivity contribution in [2.45, 2.75) is 0 Å². The second kappa shape index (κ2) is 7.50. The van der Waals surface area contributed by atoms with Crippen molar-refractivity contribution in [3.05, 3.63) is 51.1 Å². The molecule has 0 aliphatic carbocycles. The lowest BCUT2D eigenvalue weighted by Crippen LogP contribution is -2.21. The number of carbonyl (C=O) groups is 2. The normalized spacial score (nSPS) is 10.2. The van der Waals surface area contributed by atoms with Gasteiger partial charge in [0.05, 0.1) is 21.3 Å². The Hall–Kier alpha value is -2.02. The Labute approximate surface area is 146 Å². The maximum atomic E-state index is 11.9. The highest BCUT2D eigenvalue weighted by atomic mass is 35.5. The van der Waals surface area contributed by atoms with Crippen molar-refractivity contribution >= 4 is 58.2 Å². The molecule has 0 aliphatic heterocycles. The van der Waals surface area contributed by atoms with Crippen LogP contribution < -0.4 is 11.1 Å². The highest BCUT2D eigenvalue weighted by molar-refractivity contribution is 6.37. The molecule has 1 amide bonds. The zero-order valence-corrected chi connectivity index (χ0v) is 13.7. The van der Waals surface area contributed by atoms with Crippen molar-refractivity contribution in [1.82, 2.24) is 4.98 Å². The summed E-state index contributed by atoms with van der Waals surface area (Å²) >= 11 is 17.3. The van der Waals surface area contributed by atoms with Crippen LogP contribution in [0.5, 0.6) is 0 Å². The number of ether oxygens (including phenoxy) is 1. The van der Waals surface area contributed by atoms with Crippen molar-refractivity contribution in [2.24, 2.45) is 0 Å². The number of aromatic nitrogens is 1. The van der Waals surface area contributed by atoms with Gasteiger partial charge in [0.2, 0.25) is 0 Å². The molecule has 0 saturated carbocycles. The minimum Gasteiger partial charge on any atom is -0.452 e. The van der Waals surface area contributed by atoms with Crippen LogP contribution in [-0.2, 0) is 9.53 Å². The van der Waals surface area contributed by atoms with E-state index in [2.05, 4.69) is 10.3 Å². The summed E-state index contributed by atoms with van der Waals surface area (Å²) in [5, 5.41) is 3.23. The van der Waals surface area contributed by atoms with Crippen LogP contribution in [0.3, 0.4) is 0 Å². The molecule has 2 aromatic rings. The number of esters is 1. The van der Waals surface area contributed by atoms with Crippen molar-refractivity contribution in [3.63, 3.8) is 0 Å². The monoisotopic (exact) mass is 373 g/mol. The molecule has 0 radical (unpaired) electrons. The van der Waals surface area contributed by atoms with Crippen LogP contribution in [0, 0.1) is 0 Å². The smallest absolute Gasteiger partial charge is 0.340 e. The molecule has 1 heterocycles. The van der Waals surface area contributed by atoms with E-state index in [9.17, 15) is 9.59 Å². The van der Waals surface area contributed by atoms with Crippen LogP contribution in [0.15, 0.2) is 30.5 Å². The minimum absolute atomic E-state index is 0.0140. The number of hydrogen-bond acceptors (Lipinski definition) is 5. The molecule has 2 rings (SSSR count). The summed E-state index contributed by atoms with van der Waals surface area (Å²) in [6.45, 7) is -0.521. The summed E-state index contributed by atoms with van der Waals surface area (Å²) in [4.78, 5) is 27.5. The van der Waals surface area contributed by atoms with Gasteiger partial charge in [-0.2, -0.15) is 0 Å². The Kier molecular flexibility index (Phi) is 5.65. The molecule has 0 atom stereocenters. The molecule has 9 heteroatoms. The SMILES string of the molecule is Nc1c(Cl)cc(Cl)cc1C(=O)OCC(=O)Nc1ccc(Cl)cn1. The number of nitrogens with one attached hydrogen (secondary N) is 1. The molecule has 0 bridgehead atoms. The van der Waals surface area contributed by atoms with Gasteiger partial charge in [0, 0.05) is 11.2 Å². The van der Waals surface area contributed by atoms with Crippen LogP contribution >= 0.6 is 34.8 Å². The number of amides is 1. The first-order valence-corrected chi connectivity index (χ1v) is 7.33. The van der Waals surface area contributed by atoms with E-state index in [0.29, 0.717) is 5.02 Å². The van der Waals surface area contributed by atoms with E-state index in [1.807, 2.05) is 0 Å². The van der Waals surface area contributed by atoms with Gasteiger partial charge in [-0.3, -0.25) is 4.79 Å². The van der Waals surface area contributed by atoms with E-state index < -0.39 is 18.5 Å². The predicted molar refractivity (Wildman–Crippen MR) is 89.0 cm³/mol. The summed E-state index contributed by atoms with van der Waals surface area (Å²) in [6.07, 6.45) is 1.37. The van der Waals surface area contributed by atoms with Gasteiger partial charge < -0.3 is 15.8 Å². The molecular weight excluding hydrogens is 365 g/mol. The third-order valence-electron chi connectivity index (χ3n) is 2.64. The molecule has 0 aliphatic rings. The summed E-state index contributed by atoms with van der Waals surface area (Å²) in [7, 11) is 0. The number of carbonyl (C=O) groups excluding carboxylic acids is 2. The average molecular weight is 375 g/mol. The Balaban J connectivity index is 1.96. The largest absolute Gasteiger partial charge is 0.452 e. The third-order valence-corrected chi connectivity index (χ3v) is 3.40. The number of nitrogens with two attached hydrogens (primary N) is 1. The lowest BCUT2D eigenvalue weighted by molar-refractivity contribution is -0.119. The Bertz CT molecular complexity index is 751. The van der Waals surface area contributed by atoms with E-state index in [-0.39, 0.29) is 27.1 Å². The fraction of sp³-hybridized carbons (Fsp3) is 0.0714. The summed E-state index contributed by atoms with van der Waals surface area (Å²) in [5.74, 6) is -1.10. The van der Waals surface area contributed by atoms with Crippen molar-refractivity contribution in [2.75, 3.05) is 17.7 Å². The number of nitrogens with zero attached hydrogens (tertiary/aromatic N) is 1. The molecule has 0 saturated heterocycles. The number of pyridine rings is 1. The van der Waals surface area contributed by atoms with Gasteiger partial charge in [0.15, 0.2) is 6.61 Å². The fourth-order valence-corrected chi connectivity index (χ4v) is 2.20. The first-order chi connectivity index (χ1) is 10.9. The second-order valence-corrected chi connectivity index (χ2v) is 5.61. The number of anilines is 2. The van der Waals surface area contributed by atoms with Gasteiger partial charge in [-0.1, -0.05) is 34.8 Å². The van der Waals surface area contributed by atoms with Gasteiger partial charge in [-0.25, -0.2) is 9.78 Å². The van der Waals surface area contributed by atoms with E-state index in [0.717, 1.165) is 0 Å². The fourth-order valence-electron chi connectivity index (χ4n) is 1.59. The average Bonchev–Trinajstić information content (AvgIpc) is 2.50. The van der Waals surface area contributed by atoms with Crippen molar-refractivity contribution in [3.8, 4) is 0 Å². The molecule has 6 nitrogen and oxygen atoms in total. The number of benzene rings is 1. The third kappa shape index (κ3) is 4.72. The molecule has 1 aromatic heterocycles. The standard InChI is InChI=1S/C14H10Cl3N3O3/c15-7-1-2-11(19-5-7)20-12(21)6-23-14(22)9-3-8(16)4-10(17)13(9)18/h1-5H,6,18H2,(H,19,20,21). The molecule has 120 valence electrons. The lowest BCUT2D eigenvalue weighted by atomic mass is 10.2. The molecule has 0 fully saturated rings. The quantitative estimate of drug-likeness (QED) is 0.631. The van der Waals surface area contributed by atoms with Crippen LogP contribution in [-0.4, -0.2) is 23.5 Å². The Morgan fingerprint density at radius 3 is 2.57 bits per heavy atom. The van der Waals surface area contributed by atoms with E-state index in [1.54, 1.807) is 6.07 Å². The molecule has 3 N–H and O–H groups in total. The number of halogens is 3. The number of hydrogen-bond donors (Lipinski definition) is 2. The lowest BCUT2D eigenvalue weighted by Gasteiger charge is -2.09. The van der Waals surface area contributed by atoms with Gasteiger partial charge in [0.1, 0.15) is 5.82 Å². The van der Waals surface area contributed by atoms with Gasteiger partial charge in [-0.15, -0.1) is 0 Å². The molecule has 23 heavy (non-hydrogen) atoms. The summed E-state index contributed by atoms with van der Waals surface area (Å²) in [6, 6.07) is 5.78. The molecular formula is C14H10Cl3N3O3. The van der Waals surface area contributed by atoms with E-state index in [1.165, 1.54) is 24.4 Å². The van der Waals surface area contributed by atoms with E-state index >= 15 is 0 Å². The summed E-state index contributed by atoms with van der Waals surface area (Å²) < 4.78 is 4.87. The van der Waals surface area contributed by atoms with E-state index in [4.69, 9.17) is 45.3 Å². The maximum absolute atomic E-state index is 11.9. The molecule has 0 unspecified atom stereocenters. The highest BCUT2D eigenvalue weighted by Crippen LogP contribution is 2.28. The van der Waals surface area contributed by atoms with Crippen molar-refractivity contribution in [1.29, 1.82) is 0 Å². The van der Waals surface area contributed by atoms with Gasteiger partial charge in [0.25, 0.3) is 5.91 Å². The van der Waals surface area contributed by atoms with Crippen molar-refractivity contribution < 1.29 is 14.3 Å². The van der Waals surface area contributed by atoms with Gasteiger partial charge >= 0.3 is 5.97 Å². The first kappa shape index (κ1) is 17.3. The number of rotatable bonds is 4. The maximum Gasteiger partial charge on any atom is 0.340 e. The number of nitrogen functional groups attached to an aromatic ring is 1. The Morgan fingerprint density at radius 2 is 1.91 bits per heavy atom. The topological polar surface area (TPSA) is 94.3 Å². The first-order valence-electron chi connectivity index (χ1n) is 6.20. The predicted octanol–water partition coefficient (Wildman–Crippen LogP) is 3.42. The van der Waals surface area contributed by atoms with Gasteiger partial charge in [-0.05, 0) is 24.3 Å². The molecule has 1 aromatic carbocycles. The van der Waals surface area contributed by atoms with Crippen LogP contribution in [0.2, 0.25) is 15.1 Å². The molecule has 0 spiro atoms. The van der Waals surface area contributed by atoms with Crippen LogP contribution in [0.4, 0.5) is 11.5 Å². The minimum atomic E-state index is -0.814. The second-order valence-electron chi connectivity index (χ2n) is 4.33. The zero-order valence-electron chi connectivity index (χ0n) is 11.5. The van der Waals surface area contributed by atoms with Crippen LogP contribution in [0.25, 0.3) is 0 Å². The zero-order chi connectivity index (χ0) is 17.0. The highest BCUT2D eigenvalue weighted by Gasteiger charge is 2.16.